The predicted molar refractivity (Wildman–Crippen MR) is 83.0 cm³/mol. The number of carbonyl (C=O) groups is 1. The number of hydrogen-bond donors (Lipinski definition) is 1. The van der Waals surface area contributed by atoms with Crippen LogP contribution in [-0.4, -0.2) is 19.9 Å². The first kappa shape index (κ1) is 14.3. The van der Waals surface area contributed by atoms with E-state index in [-0.39, 0.29) is 5.91 Å². The van der Waals surface area contributed by atoms with Crippen molar-refractivity contribution in [2.24, 2.45) is 0 Å². The van der Waals surface area contributed by atoms with Crippen LogP contribution in [0.5, 0.6) is 0 Å². The van der Waals surface area contributed by atoms with E-state index in [1.54, 1.807) is 23.7 Å². The lowest BCUT2D eigenvalue weighted by Gasteiger charge is -2.10. The average Bonchev–Trinajstić information content (AvgIpc) is 2.96. The minimum atomic E-state index is -0.938. The molecule has 0 saturated carbocycles. The number of nitrogens with zero attached hydrogens (tertiary/aromatic N) is 2. The Kier molecular flexibility index (Phi) is 3.82. The van der Waals surface area contributed by atoms with Crippen molar-refractivity contribution in [3.63, 3.8) is 0 Å². The van der Waals surface area contributed by atoms with Crippen LogP contribution in [0.15, 0.2) is 24.3 Å². The first-order chi connectivity index (χ1) is 10.1. The van der Waals surface area contributed by atoms with Gasteiger partial charge in [-0.1, -0.05) is 24.6 Å². The molecular weight excluding hydrogens is 310 g/mol. The molecule has 0 spiro atoms. The Morgan fingerprint density at radius 3 is 3.00 bits per heavy atom. The Morgan fingerprint density at radius 1 is 1.48 bits per heavy atom. The molecular formula is C14H14ClN3O2S. The molecule has 7 heteroatoms. The van der Waals surface area contributed by atoms with E-state index in [2.05, 4.69) is 10.4 Å². The number of carbonyl (C=O) groups excluding carboxylic acids is 1. The second-order valence-electron chi connectivity index (χ2n) is 4.80. The third-order valence-electron chi connectivity index (χ3n) is 3.30. The molecule has 1 amide bonds. The van der Waals surface area contributed by atoms with Crippen molar-refractivity contribution in [2.75, 3.05) is 5.32 Å². The number of rotatable bonds is 3. The molecule has 2 heterocycles. The van der Waals surface area contributed by atoms with E-state index >= 15 is 0 Å². The van der Waals surface area contributed by atoms with Gasteiger partial charge in [0.15, 0.2) is 0 Å². The van der Waals surface area contributed by atoms with Crippen molar-refractivity contribution in [3.05, 3.63) is 40.5 Å². The highest BCUT2D eigenvalue weighted by atomic mass is 35.5. The molecule has 21 heavy (non-hydrogen) atoms. The Bertz CT molecular complexity index is 742. The van der Waals surface area contributed by atoms with Gasteiger partial charge in [0, 0.05) is 27.8 Å². The molecule has 0 unspecified atom stereocenters. The lowest BCUT2D eigenvalue weighted by atomic mass is 10.2. The van der Waals surface area contributed by atoms with E-state index in [0.29, 0.717) is 28.8 Å². The van der Waals surface area contributed by atoms with E-state index in [0.717, 1.165) is 16.9 Å². The molecule has 2 aromatic rings. The lowest BCUT2D eigenvalue weighted by molar-refractivity contribution is -0.115. The van der Waals surface area contributed by atoms with E-state index in [9.17, 15) is 9.00 Å². The summed E-state index contributed by atoms with van der Waals surface area (Å²) < 4.78 is 13.4. The summed E-state index contributed by atoms with van der Waals surface area (Å²) in [6.07, 6.45) is 0.374. The number of nitrogens with one attached hydrogen (secondary N) is 1. The van der Waals surface area contributed by atoms with E-state index in [4.69, 9.17) is 11.6 Å². The van der Waals surface area contributed by atoms with Crippen LogP contribution >= 0.6 is 11.6 Å². The van der Waals surface area contributed by atoms with Crippen molar-refractivity contribution in [1.29, 1.82) is 0 Å². The fourth-order valence-corrected chi connectivity index (χ4v) is 3.72. The third kappa shape index (κ3) is 2.73. The van der Waals surface area contributed by atoms with Gasteiger partial charge in [0.25, 0.3) is 0 Å². The Labute approximate surface area is 129 Å². The molecule has 1 atom stereocenters. The van der Waals surface area contributed by atoms with Gasteiger partial charge in [0.1, 0.15) is 5.82 Å². The van der Waals surface area contributed by atoms with Gasteiger partial charge in [-0.05, 0) is 18.2 Å². The number of anilines is 1. The maximum atomic E-state index is 11.8. The van der Waals surface area contributed by atoms with Crippen molar-refractivity contribution in [2.45, 2.75) is 24.9 Å². The van der Waals surface area contributed by atoms with Gasteiger partial charge >= 0.3 is 0 Å². The van der Waals surface area contributed by atoms with Crippen LogP contribution in [0, 0.1) is 0 Å². The molecule has 110 valence electrons. The van der Waals surface area contributed by atoms with Crippen molar-refractivity contribution in [1.82, 2.24) is 9.78 Å². The zero-order valence-electron chi connectivity index (χ0n) is 11.4. The molecule has 0 fully saturated rings. The molecule has 1 aromatic carbocycles. The number of halogens is 1. The second kappa shape index (κ2) is 5.61. The Balaban J connectivity index is 2.10. The fourth-order valence-electron chi connectivity index (χ4n) is 2.27. The molecule has 3 rings (SSSR count). The van der Waals surface area contributed by atoms with E-state index in [1.807, 2.05) is 12.1 Å². The highest BCUT2D eigenvalue weighted by Crippen LogP contribution is 2.31. The molecule has 0 bridgehead atoms. The number of aromatic nitrogens is 2. The standard InChI is InChI=1S/C14H14ClN3O2S/c1-2-13(19)16-14-11-7-21(20)8-12(11)17-18(14)10-5-3-4-9(15)6-10/h3-6H,2,7-8H2,1H3,(H,16,19)/t21-/m1/s1. The van der Waals surface area contributed by atoms with Crippen LogP contribution in [0.25, 0.3) is 5.69 Å². The molecule has 1 aliphatic heterocycles. The molecule has 1 N–H and O–H groups in total. The van der Waals surface area contributed by atoms with Gasteiger partial charge in [-0.3, -0.25) is 9.00 Å². The smallest absolute Gasteiger partial charge is 0.225 e. The third-order valence-corrected chi connectivity index (χ3v) is 4.74. The topological polar surface area (TPSA) is 64.0 Å². The predicted octanol–water partition coefficient (Wildman–Crippen LogP) is 2.64. The monoisotopic (exact) mass is 323 g/mol. The van der Waals surface area contributed by atoms with Gasteiger partial charge in [-0.15, -0.1) is 0 Å². The summed E-state index contributed by atoms with van der Waals surface area (Å²) in [5, 5.41) is 7.95. The summed E-state index contributed by atoms with van der Waals surface area (Å²) in [5.74, 6) is 1.36. The molecule has 0 saturated heterocycles. The van der Waals surface area contributed by atoms with Crippen LogP contribution in [0.1, 0.15) is 24.6 Å². The summed E-state index contributed by atoms with van der Waals surface area (Å²) in [4.78, 5) is 11.8. The maximum Gasteiger partial charge on any atom is 0.225 e. The maximum absolute atomic E-state index is 11.8. The number of benzene rings is 1. The summed E-state index contributed by atoms with van der Waals surface area (Å²) in [6.45, 7) is 1.79. The summed E-state index contributed by atoms with van der Waals surface area (Å²) in [6, 6.07) is 7.25. The summed E-state index contributed by atoms with van der Waals surface area (Å²) in [5.41, 5.74) is 2.41. The SMILES string of the molecule is CCC(=O)Nc1c2c(nn1-c1cccc(Cl)c1)C[S@](=O)C2. The van der Waals surface area contributed by atoms with Gasteiger partial charge in [-0.25, -0.2) is 4.68 Å². The quantitative estimate of drug-likeness (QED) is 0.944. The molecule has 1 aliphatic rings. The molecule has 0 radical (unpaired) electrons. The number of amides is 1. The van der Waals surface area contributed by atoms with Crippen LogP contribution in [-0.2, 0) is 27.1 Å². The molecule has 5 nitrogen and oxygen atoms in total. The minimum Gasteiger partial charge on any atom is -0.310 e. The number of hydrogen-bond acceptors (Lipinski definition) is 3. The zero-order chi connectivity index (χ0) is 15.0. The first-order valence-electron chi connectivity index (χ1n) is 6.60. The van der Waals surface area contributed by atoms with Crippen molar-refractivity contribution in [3.8, 4) is 5.69 Å². The molecule has 0 aliphatic carbocycles. The van der Waals surface area contributed by atoms with Gasteiger partial charge < -0.3 is 5.32 Å². The van der Waals surface area contributed by atoms with Crippen molar-refractivity contribution < 1.29 is 9.00 Å². The van der Waals surface area contributed by atoms with E-state index in [1.165, 1.54) is 0 Å². The highest BCUT2D eigenvalue weighted by Gasteiger charge is 2.28. The normalized spacial score (nSPS) is 16.8. The Hall–Kier alpha value is -1.66. The van der Waals surface area contributed by atoms with Crippen LogP contribution in [0.2, 0.25) is 5.02 Å². The number of fused-ring (bicyclic) bond motifs is 1. The highest BCUT2D eigenvalue weighted by molar-refractivity contribution is 7.83. The average molecular weight is 324 g/mol. The zero-order valence-corrected chi connectivity index (χ0v) is 13.0. The summed E-state index contributed by atoms with van der Waals surface area (Å²) in [7, 11) is -0.938. The largest absolute Gasteiger partial charge is 0.310 e. The van der Waals surface area contributed by atoms with Gasteiger partial charge in [0.05, 0.1) is 22.9 Å². The fraction of sp³-hybridized carbons (Fsp3) is 0.286. The molecule has 1 aromatic heterocycles. The minimum absolute atomic E-state index is 0.0985. The van der Waals surface area contributed by atoms with Crippen molar-refractivity contribution >= 4 is 34.1 Å². The lowest BCUT2D eigenvalue weighted by Crippen LogP contribution is -2.15. The van der Waals surface area contributed by atoms with Crippen LogP contribution in [0.3, 0.4) is 0 Å². The summed E-state index contributed by atoms with van der Waals surface area (Å²) >= 11 is 6.02. The van der Waals surface area contributed by atoms with Gasteiger partial charge in [-0.2, -0.15) is 5.10 Å². The Morgan fingerprint density at radius 2 is 2.29 bits per heavy atom. The first-order valence-corrected chi connectivity index (χ1v) is 8.46. The second-order valence-corrected chi connectivity index (χ2v) is 6.69. The van der Waals surface area contributed by atoms with Crippen LogP contribution < -0.4 is 5.32 Å². The van der Waals surface area contributed by atoms with E-state index < -0.39 is 10.8 Å². The van der Waals surface area contributed by atoms with Crippen LogP contribution in [0.4, 0.5) is 5.82 Å². The van der Waals surface area contributed by atoms with Gasteiger partial charge in [0.2, 0.25) is 5.91 Å².